The van der Waals surface area contributed by atoms with Crippen LogP contribution in [0.5, 0.6) is 0 Å². The minimum Gasteiger partial charge on any atom is -0.481 e. The van der Waals surface area contributed by atoms with Gasteiger partial charge in [0.2, 0.25) is 0 Å². The Morgan fingerprint density at radius 2 is 2.14 bits per heavy atom. The molecule has 0 radical (unpaired) electrons. The van der Waals surface area contributed by atoms with Gasteiger partial charge in [0.15, 0.2) is 0 Å². The molecule has 0 saturated heterocycles. The van der Waals surface area contributed by atoms with Gasteiger partial charge in [0.05, 0.1) is 5.02 Å². The number of carbonyl (C=O) groups is 2. The molecule has 1 aromatic heterocycles. The number of aliphatic carboxylic acids is 1. The van der Waals surface area contributed by atoms with Crippen LogP contribution in [0.25, 0.3) is 0 Å². The number of hydrogen-bond donors (Lipinski definition) is 1. The average Bonchev–Trinajstić information content (AvgIpc) is 3.16. The fraction of sp³-hybridized carbons (Fsp3) is 0.600. The number of nitrogens with zero attached hydrogens (tertiary/aromatic N) is 2. The molecule has 0 spiro atoms. The highest BCUT2D eigenvalue weighted by atomic mass is 35.5. The van der Waals surface area contributed by atoms with Crippen molar-refractivity contribution in [3.05, 3.63) is 23.0 Å². The van der Waals surface area contributed by atoms with Crippen LogP contribution in [0.2, 0.25) is 5.02 Å². The first-order valence-corrected chi connectivity index (χ1v) is 7.68. The van der Waals surface area contributed by atoms with Crippen molar-refractivity contribution in [1.29, 1.82) is 0 Å². The number of halogens is 1. The number of amides is 1. The largest absolute Gasteiger partial charge is 0.481 e. The smallest absolute Gasteiger partial charge is 0.303 e. The first kappa shape index (κ1) is 15.9. The van der Waals surface area contributed by atoms with Gasteiger partial charge in [0.25, 0.3) is 5.91 Å². The summed E-state index contributed by atoms with van der Waals surface area (Å²) in [4.78, 5) is 25.1. The van der Waals surface area contributed by atoms with Crippen LogP contribution in [0.1, 0.15) is 56.1 Å². The molecular formula is C15H21ClN2O3. The summed E-state index contributed by atoms with van der Waals surface area (Å²) in [5.41, 5.74) is 0.603. The number of hydrogen-bond acceptors (Lipinski definition) is 2. The van der Waals surface area contributed by atoms with Crippen molar-refractivity contribution in [2.45, 2.75) is 51.6 Å². The molecule has 0 aliphatic heterocycles. The Labute approximate surface area is 129 Å². The van der Waals surface area contributed by atoms with Crippen LogP contribution in [0.4, 0.5) is 0 Å². The van der Waals surface area contributed by atoms with E-state index in [1.807, 2.05) is 24.6 Å². The van der Waals surface area contributed by atoms with Gasteiger partial charge in [-0.2, -0.15) is 0 Å². The zero-order valence-electron chi connectivity index (χ0n) is 12.4. The van der Waals surface area contributed by atoms with E-state index in [9.17, 15) is 9.59 Å². The van der Waals surface area contributed by atoms with Gasteiger partial charge >= 0.3 is 5.97 Å². The van der Waals surface area contributed by atoms with Crippen molar-refractivity contribution in [3.8, 4) is 0 Å². The highest BCUT2D eigenvalue weighted by Gasteiger charge is 2.30. The lowest BCUT2D eigenvalue weighted by Gasteiger charge is -2.27. The fourth-order valence-corrected chi connectivity index (χ4v) is 2.62. The van der Waals surface area contributed by atoms with Crippen molar-refractivity contribution in [1.82, 2.24) is 9.47 Å². The van der Waals surface area contributed by atoms with Crippen LogP contribution in [0.3, 0.4) is 0 Å². The molecule has 1 amide bonds. The molecule has 0 aromatic carbocycles. The van der Waals surface area contributed by atoms with Crippen LogP contribution in [0, 0.1) is 0 Å². The predicted molar refractivity (Wildman–Crippen MR) is 80.8 cm³/mol. The SMILES string of the molecule is CC(C)N(CCCC(=O)O)C(=O)c1cc(Cl)cn1C1CC1. The molecule has 1 aromatic rings. The minimum absolute atomic E-state index is 0.0209. The molecule has 1 heterocycles. The summed E-state index contributed by atoms with van der Waals surface area (Å²) in [7, 11) is 0. The van der Waals surface area contributed by atoms with Gasteiger partial charge in [-0.25, -0.2) is 0 Å². The summed E-state index contributed by atoms with van der Waals surface area (Å²) in [5, 5.41) is 9.29. The van der Waals surface area contributed by atoms with Gasteiger partial charge in [0, 0.05) is 31.2 Å². The molecule has 5 nitrogen and oxygen atoms in total. The van der Waals surface area contributed by atoms with Crippen molar-refractivity contribution in [3.63, 3.8) is 0 Å². The topological polar surface area (TPSA) is 62.5 Å². The second-order valence-corrected chi connectivity index (χ2v) is 6.21. The molecule has 1 fully saturated rings. The second kappa shape index (κ2) is 6.52. The summed E-state index contributed by atoms with van der Waals surface area (Å²) < 4.78 is 1.96. The molecule has 1 saturated carbocycles. The van der Waals surface area contributed by atoms with Gasteiger partial charge in [-0.05, 0) is 39.2 Å². The summed E-state index contributed by atoms with van der Waals surface area (Å²) in [6.45, 7) is 4.31. The monoisotopic (exact) mass is 312 g/mol. The van der Waals surface area contributed by atoms with E-state index in [2.05, 4.69) is 0 Å². The summed E-state index contributed by atoms with van der Waals surface area (Å²) in [6.07, 6.45) is 4.48. The Morgan fingerprint density at radius 1 is 1.48 bits per heavy atom. The van der Waals surface area contributed by atoms with E-state index in [4.69, 9.17) is 16.7 Å². The molecule has 0 unspecified atom stereocenters. The van der Waals surface area contributed by atoms with E-state index in [-0.39, 0.29) is 18.4 Å². The molecule has 2 rings (SSSR count). The Balaban J connectivity index is 2.12. The molecule has 0 atom stereocenters. The molecule has 1 aliphatic rings. The molecule has 21 heavy (non-hydrogen) atoms. The minimum atomic E-state index is -0.837. The van der Waals surface area contributed by atoms with Crippen LogP contribution >= 0.6 is 11.6 Å². The maximum Gasteiger partial charge on any atom is 0.303 e. The number of carboxylic acid groups (broad SMARTS) is 1. The number of carboxylic acids is 1. The van der Waals surface area contributed by atoms with Gasteiger partial charge in [-0.15, -0.1) is 0 Å². The van der Waals surface area contributed by atoms with E-state index < -0.39 is 5.97 Å². The lowest BCUT2D eigenvalue weighted by molar-refractivity contribution is -0.137. The number of aromatic nitrogens is 1. The lowest BCUT2D eigenvalue weighted by Crippen LogP contribution is -2.38. The highest BCUT2D eigenvalue weighted by molar-refractivity contribution is 6.31. The number of rotatable bonds is 7. The first-order valence-electron chi connectivity index (χ1n) is 7.30. The molecule has 6 heteroatoms. The summed E-state index contributed by atoms with van der Waals surface area (Å²) in [6, 6.07) is 2.10. The fourth-order valence-electron chi connectivity index (χ4n) is 2.41. The molecule has 116 valence electrons. The Kier molecular flexibility index (Phi) is 4.93. The zero-order valence-corrected chi connectivity index (χ0v) is 13.1. The Morgan fingerprint density at radius 3 is 2.67 bits per heavy atom. The highest BCUT2D eigenvalue weighted by Crippen LogP contribution is 2.37. The average molecular weight is 313 g/mol. The summed E-state index contributed by atoms with van der Waals surface area (Å²) in [5.74, 6) is -0.912. The Hall–Kier alpha value is -1.49. The van der Waals surface area contributed by atoms with Crippen molar-refractivity contribution in [2.75, 3.05) is 6.54 Å². The van der Waals surface area contributed by atoms with Gasteiger partial charge in [0.1, 0.15) is 5.69 Å². The zero-order chi connectivity index (χ0) is 15.6. The van der Waals surface area contributed by atoms with Gasteiger partial charge in [-0.3, -0.25) is 9.59 Å². The molecular weight excluding hydrogens is 292 g/mol. The van der Waals surface area contributed by atoms with Crippen LogP contribution in [-0.4, -0.2) is 39.0 Å². The third-order valence-electron chi connectivity index (χ3n) is 3.65. The summed E-state index contributed by atoms with van der Waals surface area (Å²) >= 11 is 6.04. The predicted octanol–water partition coefficient (Wildman–Crippen LogP) is 3.19. The maximum absolute atomic E-state index is 12.7. The van der Waals surface area contributed by atoms with Crippen LogP contribution in [-0.2, 0) is 4.79 Å². The van der Waals surface area contributed by atoms with E-state index in [0.717, 1.165) is 12.8 Å². The third-order valence-corrected chi connectivity index (χ3v) is 3.86. The van der Waals surface area contributed by atoms with Crippen LogP contribution < -0.4 is 0 Å². The normalized spacial score (nSPS) is 14.5. The standard InChI is InChI=1S/C15H21ClN2O3/c1-10(2)17(7-3-4-14(19)20)15(21)13-8-11(16)9-18(13)12-5-6-12/h8-10,12H,3-7H2,1-2H3,(H,19,20). The van der Waals surface area contributed by atoms with E-state index in [0.29, 0.717) is 29.7 Å². The van der Waals surface area contributed by atoms with E-state index in [1.54, 1.807) is 11.0 Å². The Bertz CT molecular complexity index is 535. The van der Waals surface area contributed by atoms with Crippen molar-refractivity contribution < 1.29 is 14.7 Å². The first-order chi connectivity index (χ1) is 9.90. The van der Waals surface area contributed by atoms with E-state index >= 15 is 0 Å². The van der Waals surface area contributed by atoms with Crippen molar-refractivity contribution >= 4 is 23.5 Å². The van der Waals surface area contributed by atoms with Crippen LogP contribution in [0.15, 0.2) is 12.3 Å². The maximum atomic E-state index is 12.7. The molecule has 0 bridgehead atoms. The van der Waals surface area contributed by atoms with E-state index in [1.165, 1.54) is 0 Å². The van der Waals surface area contributed by atoms with Crippen molar-refractivity contribution in [2.24, 2.45) is 0 Å². The van der Waals surface area contributed by atoms with Gasteiger partial charge in [-0.1, -0.05) is 11.6 Å². The van der Waals surface area contributed by atoms with Gasteiger partial charge < -0.3 is 14.6 Å². The number of carbonyl (C=O) groups excluding carboxylic acids is 1. The molecule has 1 N–H and O–H groups in total. The third kappa shape index (κ3) is 4.00. The molecule has 1 aliphatic carbocycles. The quantitative estimate of drug-likeness (QED) is 0.841. The lowest BCUT2D eigenvalue weighted by atomic mass is 10.2. The second-order valence-electron chi connectivity index (χ2n) is 5.77.